The number of hydrogen-bond donors (Lipinski definition) is 1. The first-order chi connectivity index (χ1) is 14.8. The molecule has 0 spiro atoms. The SMILES string of the molecule is Cc1cc(Br)ccc1NC(=O)Cn1cc(S(=O)(=O)c2ccc(F)cc2)c2ccccc21. The molecule has 31 heavy (non-hydrogen) atoms. The second-order valence-corrected chi connectivity index (χ2v) is 9.94. The van der Waals surface area contributed by atoms with E-state index in [1.54, 1.807) is 34.9 Å². The second-order valence-electron chi connectivity index (χ2n) is 7.10. The zero-order valence-electron chi connectivity index (χ0n) is 16.5. The Balaban J connectivity index is 1.70. The molecule has 1 aromatic heterocycles. The van der Waals surface area contributed by atoms with Crippen LogP contribution in [0.3, 0.4) is 0 Å². The number of carbonyl (C=O) groups excluding carboxylic acids is 1. The molecule has 4 aromatic rings. The Bertz CT molecular complexity index is 1400. The third-order valence-corrected chi connectivity index (χ3v) is 7.23. The molecule has 0 aliphatic carbocycles. The molecule has 3 aromatic carbocycles. The molecule has 0 atom stereocenters. The van der Waals surface area contributed by atoms with Crippen molar-refractivity contribution in [1.82, 2.24) is 4.57 Å². The Morgan fingerprint density at radius 3 is 2.48 bits per heavy atom. The van der Waals surface area contributed by atoms with Gasteiger partial charge in [-0.05, 0) is 61.0 Å². The number of sulfone groups is 1. The molecule has 1 amide bonds. The Morgan fingerprint density at radius 2 is 1.77 bits per heavy atom. The summed E-state index contributed by atoms with van der Waals surface area (Å²) in [6, 6.07) is 17.2. The minimum atomic E-state index is -3.89. The summed E-state index contributed by atoms with van der Waals surface area (Å²) < 4.78 is 42.1. The second kappa shape index (κ2) is 8.28. The number of anilines is 1. The van der Waals surface area contributed by atoms with Crippen LogP contribution in [0.1, 0.15) is 5.56 Å². The van der Waals surface area contributed by atoms with Crippen LogP contribution in [0, 0.1) is 12.7 Å². The molecule has 0 radical (unpaired) electrons. The number of aryl methyl sites for hydroxylation is 1. The Morgan fingerprint density at radius 1 is 1.06 bits per heavy atom. The monoisotopic (exact) mass is 500 g/mol. The lowest BCUT2D eigenvalue weighted by molar-refractivity contribution is -0.116. The van der Waals surface area contributed by atoms with Gasteiger partial charge in [0, 0.05) is 27.3 Å². The molecule has 0 aliphatic rings. The van der Waals surface area contributed by atoms with Crippen LogP contribution < -0.4 is 5.32 Å². The average molecular weight is 501 g/mol. The fourth-order valence-electron chi connectivity index (χ4n) is 3.41. The van der Waals surface area contributed by atoms with Gasteiger partial charge in [0.15, 0.2) is 0 Å². The van der Waals surface area contributed by atoms with Crippen LogP contribution in [0.2, 0.25) is 0 Å². The summed E-state index contributed by atoms with van der Waals surface area (Å²) in [4.78, 5) is 12.8. The molecule has 8 heteroatoms. The quantitative estimate of drug-likeness (QED) is 0.377. The molecule has 0 aliphatic heterocycles. The molecule has 0 saturated carbocycles. The highest BCUT2D eigenvalue weighted by atomic mass is 79.9. The molecule has 158 valence electrons. The maximum absolute atomic E-state index is 13.3. The lowest BCUT2D eigenvalue weighted by Crippen LogP contribution is -2.18. The molecule has 4 rings (SSSR count). The van der Waals surface area contributed by atoms with Gasteiger partial charge in [0.1, 0.15) is 12.4 Å². The number of nitrogens with zero attached hydrogens (tertiary/aromatic N) is 1. The van der Waals surface area contributed by atoms with Crippen molar-refractivity contribution in [2.24, 2.45) is 0 Å². The summed E-state index contributed by atoms with van der Waals surface area (Å²) in [6.07, 6.45) is 1.46. The van der Waals surface area contributed by atoms with Gasteiger partial charge in [-0.1, -0.05) is 34.1 Å². The Labute approximate surface area is 187 Å². The number of amides is 1. The summed E-state index contributed by atoms with van der Waals surface area (Å²) >= 11 is 3.39. The van der Waals surface area contributed by atoms with Gasteiger partial charge in [-0.3, -0.25) is 4.79 Å². The summed E-state index contributed by atoms with van der Waals surface area (Å²) in [5.41, 5.74) is 2.20. The first-order valence-electron chi connectivity index (χ1n) is 9.40. The number of carbonyl (C=O) groups is 1. The van der Waals surface area contributed by atoms with E-state index in [2.05, 4.69) is 21.2 Å². The topological polar surface area (TPSA) is 68.2 Å². The van der Waals surface area contributed by atoms with Crippen LogP contribution in [0.4, 0.5) is 10.1 Å². The first kappa shape index (κ1) is 21.3. The van der Waals surface area contributed by atoms with E-state index in [0.717, 1.165) is 22.2 Å². The standard InChI is InChI=1S/C23H18BrFN2O3S/c1-15-12-16(24)6-11-20(15)26-23(28)14-27-13-22(19-4-2-3-5-21(19)27)31(29,30)18-9-7-17(25)8-10-18/h2-13H,14H2,1H3,(H,26,28). The predicted octanol–water partition coefficient (Wildman–Crippen LogP) is 5.32. The van der Waals surface area contributed by atoms with Gasteiger partial charge in [-0.15, -0.1) is 0 Å². The van der Waals surface area contributed by atoms with Gasteiger partial charge in [0.25, 0.3) is 0 Å². The van der Waals surface area contributed by atoms with Gasteiger partial charge >= 0.3 is 0 Å². The van der Waals surface area contributed by atoms with Crippen molar-refractivity contribution >= 4 is 48.3 Å². The van der Waals surface area contributed by atoms with Gasteiger partial charge in [-0.25, -0.2) is 12.8 Å². The highest BCUT2D eigenvalue weighted by molar-refractivity contribution is 9.10. The molecule has 5 nitrogen and oxygen atoms in total. The van der Waals surface area contributed by atoms with Crippen LogP contribution in [0.25, 0.3) is 10.9 Å². The number of para-hydroxylation sites is 1. The minimum absolute atomic E-state index is 0.00765. The average Bonchev–Trinajstić information content (AvgIpc) is 3.10. The summed E-state index contributed by atoms with van der Waals surface area (Å²) in [7, 11) is -3.89. The van der Waals surface area contributed by atoms with Gasteiger partial charge in [0.2, 0.25) is 15.7 Å². The smallest absolute Gasteiger partial charge is 0.244 e. The summed E-state index contributed by atoms with van der Waals surface area (Å²) in [6.45, 7) is 1.83. The van der Waals surface area contributed by atoms with Crippen molar-refractivity contribution in [2.45, 2.75) is 23.3 Å². The maximum Gasteiger partial charge on any atom is 0.244 e. The van der Waals surface area contributed by atoms with E-state index in [-0.39, 0.29) is 22.2 Å². The maximum atomic E-state index is 13.3. The number of benzene rings is 3. The van der Waals surface area contributed by atoms with Crippen molar-refractivity contribution < 1.29 is 17.6 Å². The normalized spacial score (nSPS) is 11.6. The van der Waals surface area contributed by atoms with Crippen LogP contribution >= 0.6 is 15.9 Å². The molecule has 1 heterocycles. The van der Waals surface area contributed by atoms with Gasteiger partial charge in [0.05, 0.1) is 9.79 Å². The molecular weight excluding hydrogens is 483 g/mol. The van der Waals surface area contributed by atoms with Crippen molar-refractivity contribution in [1.29, 1.82) is 0 Å². The molecule has 0 saturated heterocycles. The highest BCUT2D eigenvalue weighted by Gasteiger charge is 2.24. The molecule has 0 unspecified atom stereocenters. The van der Waals surface area contributed by atoms with E-state index in [9.17, 15) is 17.6 Å². The number of rotatable bonds is 5. The van der Waals surface area contributed by atoms with Crippen molar-refractivity contribution in [3.05, 3.63) is 88.8 Å². The summed E-state index contributed by atoms with van der Waals surface area (Å²) in [5, 5.41) is 3.36. The molecule has 1 N–H and O–H groups in total. The molecular formula is C23H18BrFN2O3S. The zero-order valence-corrected chi connectivity index (χ0v) is 18.9. The largest absolute Gasteiger partial charge is 0.337 e. The van der Waals surface area contributed by atoms with Crippen LogP contribution in [-0.2, 0) is 21.2 Å². The van der Waals surface area contributed by atoms with Crippen molar-refractivity contribution in [3.8, 4) is 0 Å². The van der Waals surface area contributed by atoms with E-state index in [0.29, 0.717) is 16.6 Å². The van der Waals surface area contributed by atoms with E-state index >= 15 is 0 Å². The Kier molecular flexibility index (Phi) is 5.68. The van der Waals surface area contributed by atoms with E-state index < -0.39 is 15.7 Å². The third-order valence-electron chi connectivity index (χ3n) is 4.94. The van der Waals surface area contributed by atoms with Gasteiger partial charge < -0.3 is 9.88 Å². The minimum Gasteiger partial charge on any atom is -0.337 e. The van der Waals surface area contributed by atoms with E-state index in [1.807, 2.05) is 19.1 Å². The number of halogens is 2. The fraction of sp³-hybridized carbons (Fsp3) is 0.0870. The van der Waals surface area contributed by atoms with Crippen LogP contribution in [0.5, 0.6) is 0 Å². The van der Waals surface area contributed by atoms with E-state index in [4.69, 9.17) is 0 Å². The van der Waals surface area contributed by atoms with Crippen LogP contribution in [0.15, 0.2) is 87.2 Å². The summed E-state index contributed by atoms with van der Waals surface area (Å²) in [5.74, 6) is -0.793. The van der Waals surface area contributed by atoms with E-state index in [1.165, 1.54) is 18.3 Å². The van der Waals surface area contributed by atoms with Crippen LogP contribution in [-0.4, -0.2) is 18.9 Å². The third kappa shape index (κ3) is 4.26. The zero-order chi connectivity index (χ0) is 22.2. The van der Waals surface area contributed by atoms with Gasteiger partial charge in [-0.2, -0.15) is 0 Å². The number of fused-ring (bicyclic) bond motifs is 1. The number of hydrogen-bond acceptors (Lipinski definition) is 3. The van der Waals surface area contributed by atoms with Crippen molar-refractivity contribution in [3.63, 3.8) is 0 Å². The predicted molar refractivity (Wildman–Crippen MR) is 121 cm³/mol. The highest BCUT2D eigenvalue weighted by Crippen LogP contribution is 2.30. The molecule has 0 fully saturated rings. The molecule has 0 bridgehead atoms. The lowest BCUT2D eigenvalue weighted by atomic mass is 10.2. The first-order valence-corrected chi connectivity index (χ1v) is 11.7. The number of nitrogens with one attached hydrogen (secondary N) is 1. The van der Waals surface area contributed by atoms with Crippen molar-refractivity contribution in [2.75, 3.05) is 5.32 Å². The fourth-order valence-corrected chi connectivity index (χ4v) is 5.36. The Hall–Kier alpha value is -2.97. The number of aromatic nitrogens is 1. The lowest BCUT2D eigenvalue weighted by Gasteiger charge is -2.10.